The lowest BCUT2D eigenvalue weighted by atomic mass is 9.89. The number of hydrogen-bond donors (Lipinski definition) is 2. The summed E-state index contributed by atoms with van der Waals surface area (Å²) in [5, 5.41) is 5.75. The van der Waals surface area contributed by atoms with Crippen molar-refractivity contribution in [3.8, 4) is 0 Å². The van der Waals surface area contributed by atoms with Gasteiger partial charge in [0.05, 0.1) is 25.4 Å². The summed E-state index contributed by atoms with van der Waals surface area (Å²) in [4.78, 5) is 23.3. The van der Waals surface area contributed by atoms with Crippen LogP contribution in [0.15, 0.2) is 24.3 Å². The van der Waals surface area contributed by atoms with Crippen molar-refractivity contribution in [2.75, 3.05) is 18.5 Å². The van der Waals surface area contributed by atoms with Crippen LogP contribution in [0, 0.1) is 0 Å². The van der Waals surface area contributed by atoms with Gasteiger partial charge in [-0.2, -0.15) is 0 Å². The van der Waals surface area contributed by atoms with Gasteiger partial charge in [-0.25, -0.2) is 0 Å². The van der Waals surface area contributed by atoms with Gasteiger partial charge < -0.3 is 20.1 Å². The molecule has 1 aliphatic heterocycles. The van der Waals surface area contributed by atoms with Crippen LogP contribution in [0.1, 0.15) is 36.5 Å². The van der Waals surface area contributed by atoms with Gasteiger partial charge in [0.15, 0.2) is 0 Å². The van der Waals surface area contributed by atoms with Crippen molar-refractivity contribution in [1.82, 2.24) is 5.32 Å². The lowest BCUT2D eigenvalue weighted by Crippen LogP contribution is -2.49. The van der Waals surface area contributed by atoms with E-state index in [0.29, 0.717) is 24.5 Å². The van der Waals surface area contributed by atoms with Crippen LogP contribution in [0.3, 0.4) is 0 Å². The molecule has 0 radical (unpaired) electrons. The third kappa shape index (κ3) is 4.09. The number of ether oxygens (including phenoxy) is 2. The Labute approximate surface area is 135 Å². The molecule has 23 heavy (non-hydrogen) atoms. The fourth-order valence-electron chi connectivity index (χ4n) is 3.17. The Kier molecular flexibility index (Phi) is 4.93. The van der Waals surface area contributed by atoms with Crippen molar-refractivity contribution in [1.29, 1.82) is 0 Å². The number of carbonyl (C=O) groups excluding carboxylic acids is 2. The van der Waals surface area contributed by atoms with Gasteiger partial charge in [-0.05, 0) is 43.5 Å². The summed E-state index contributed by atoms with van der Waals surface area (Å²) >= 11 is 0. The molecule has 0 unspecified atom stereocenters. The van der Waals surface area contributed by atoms with Crippen LogP contribution in [-0.4, -0.2) is 43.3 Å². The van der Waals surface area contributed by atoms with Gasteiger partial charge in [0.1, 0.15) is 0 Å². The highest BCUT2D eigenvalue weighted by molar-refractivity contribution is 5.95. The van der Waals surface area contributed by atoms with Crippen molar-refractivity contribution < 1.29 is 19.1 Å². The van der Waals surface area contributed by atoms with Crippen LogP contribution in [0.4, 0.5) is 5.69 Å². The highest BCUT2D eigenvalue weighted by atomic mass is 16.6. The minimum atomic E-state index is -0.131. The van der Waals surface area contributed by atoms with Crippen molar-refractivity contribution in [2.45, 2.75) is 44.4 Å². The van der Waals surface area contributed by atoms with Crippen LogP contribution in [-0.2, 0) is 14.3 Å². The third-order valence-corrected chi connectivity index (χ3v) is 4.28. The highest BCUT2D eigenvalue weighted by Gasteiger charge is 2.34. The molecular weight excluding hydrogens is 296 g/mol. The van der Waals surface area contributed by atoms with Gasteiger partial charge in [-0.15, -0.1) is 0 Å². The number of anilines is 1. The summed E-state index contributed by atoms with van der Waals surface area (Å²) in [7, 11) is 0. The van der Waals surface area contributed by atoms with Crippen molar-refractivity contribution >= 4 is 17.5 Å². The SMILES string of the molecule is CC(=O)Nc1ccc(C(=O)N[C@@H]2CC[C@H]3OCCO[C@H]3C2)cc1. The van der Waals surface area contributed by atoms with Gasteiger partial charge in [-0.1, -0.05) is 0 Å². The first-order valence-corrected chi connectivity index (χ1v) is 8.03. The fraction of sp³-hybridized carbons (Fsp3) is 0.529. The van der Waals surface area contributed by atoms with Crippen LogP contribution in [0.2, 0.25) is 0 Å². The molecule has 0 aromatic heterocycles. The summed E-state index contributed by atoms with van der Waals surface area (Å²) in [5.41, 5.74) is 1.27. The number of amides is 2. The fourth-order valence-corrected chi connectivity index (χ4v) is 3.17. The van der Waals surface area contributed by atoms with Crippen LogP contribution in [0.5, 0.6) is 0 Å². The Hall–Kier alpha value is -1.92. The monoisotopic (exact) mass is 318 g/mol. The predicted molar refractivity (Wildman–Crippen MR) is 85.3 cm³/mol. The molecular formula is C17H22N2O4. The van der Waals surface area contributed by atoms with E-state index < -0.39 is 0 Å². The maximum atomic E-state index is 12.3. The van der Waals surface area contributed by atoms with E-state index in [1.54, 1.807) is 24.3 Å². The van der Waals surface area contributed by atoms with Gasteiger partial charge in [0, 0.05) is 24.2 Å². The highest BCUT2D eigenvalue weighted by Crippen LogP contribution is 2.27. The second kappa shape index (κ2) is 7.10. The van der Waals surface area contributed by atoms with E-state index in [9.17, 15) is 9.59 Å². The zero-order chi connectivity index (χ0) is 16.2. The van der Waals surface area contributed by atoms with E-state index in [4.69, 9.17) is 9.47 Å². The van der Waals surface area contributed by atoms with Gasteiger partial charge in [-0.3, -0.25) is 9.59 Å². The first kappa shape index (κ1) is 16.0. The summed E-state index contributed by atoms with van der Waals surface area (Å²) < 4.78 is 11.4. The Bertz CT molecular complexity index is 572. The molecule has 0 bridgehead atoms. The number of benzene rings is 1. The first-order valence-electron chi connectivity index (χ1n) is 8.03. The number of fused-ring (bicyclic) bond motifs is 1. The Morgan fingerprint density at radius 1 is 1.04 bits per heavy atom. The van der Waals surface area contributed by atoms with Crippen molar-refractivity contribution in [3.63, 3.8) is 0 Å². The molecule has 1 saturated carbocycles. The average Bonchev–Trinajstić information content (AvgIpc) is 2.55. The quantitative estimate of drug-likeness (QED) is 0.889. The molecule has 1 aromatic carbocycles. The Morgan fingerprint density at radius 3 is 2.43 bits per heavy atom. The van der Waals surface area contributed by atoms with Crippen LogP contribution < -0.4 is 10.6 Å². The van der Waals surface area contributed by atoms with Crippen LogP contribution in [0.25, 0.3) is 0 Å². The maximum Gasteiger partial charge on any atom is 0.251 e. The lowest BCUT2D eigenvalue weighted by molar-refractivity contribution is -0.157. The molecule has 2 fully saturated rings. The van der Waals surface area contributed by atoms with Crippen molar-refractivity contribution in [2.24, 2.45) is 0 Å². The normalized spacial score (nSPS) is 26.9. The summed E-state index contributed by atoms with van der Waals surface area (Å²) in [6, 6.07) is 7.00. The van der Waals surface area contributed by atoms with E-state index in [1.165, 1.54) is 6.92 Å². The molecule has 2 N–H and O–H groups in total. The molecule has 6 heteroatoms. The topological polar surface area (TPSA) is 76.7 Å². The van der Waals surface area contributed by atoms with E-state index in [-0.39, 0.29) is 30.1 Å². The smallest absolute Gasteiger partial charge is 0.251 e. The molecule has 6 nitrogen and oxygen atoms in total. The lowest BCUT2D eigenvalue weighted by Gasteiger charge is -2.39. The van der Waals surface area contributed by atoms with E-state index in [1.807, 2.05) is 0 Å². The summed E-state index contributed by atoms with van der Waals surface area (Å²) in [6.45, 7) is 2.75. The summed E-state index contributed by atoms with van der Waals surface area (Å²) in [5.74, 6) is -0.229. The molecule has 0 spiro atoms. The van der Waals surface area contributed by atoms with E-state index >= 15 is 0 Å². The van der Waals surface area contributed by atoms with Crippen LogP contribution >= 0.6 is 0 Å². The van der Waals surface area contributed by atoms with Gasteiger partial charge in [0.25, 0.3) is 5.91 Å². The van der Waals surface area contributed by atoms with Gasteiger partial charge in [0.2, 0.25) is 5.91 Å². The Morgan fingerprint density at radius 2 is 1.74 bits per heavy atom. The number of carbonyl (C=O) groups is 2. The minimum Gasteiger partial charge on any atom is -0.373 e. The third-order valence-electron chi connectivity index (χ3n) is 4.28. The molecule has 1 aliphatic carbocycles. The zero-order valence-electron chi connectivity index (χ0n) is 13.2. The van der Waals surface area contributed by atoms with E-state index in [2.05, 4.69) is 10.6 Å². The second-order valence-corrected chi connectivity index (χ2v) is 6.06. The average molecular weight is 318 g/mol. The minimum absolute atomic E-state index is 0.0879. The molecule has 2 amide bonds. The number of nitrogens with one attached hydrogen (secondary N) is 2. The molecule has 1 heterocycles. The Balaban J connectivity index is 1.55. The first-order chi connectivity index (χ1) is 11.1. The largest absolute Gasteiger partial charge is 0.373 e. The number of rotatable bonds is 3. The molecule has 1 saturated heterocycles. The zero-order valence-corrected chi connectivity index (χ0v) is 13.2. The molecule has 3 rings (SSSR count). The summed E-state index contributed by atoms with van der Waals surface area (Å²) in [6.07, 6.45) is 2.87. The van der Waals surface area contributed by atoms with Gasteiger partial charge >= 0.3 is 0 Å². The molecule has 1 aromatic rings. The molecule has 3 atom stereocenters. The van der Waals surface area contributed by atoms with Crippen molar-refractivity contribution in [3.05, 3.63) is 29.8 Å². The maximum absolute atomic E-state index is 12.3. The molecule has 2 aliphatic rings. The standard InChI is InChI=1S/C17H22N2O4/c1-11(20)18-13-4-2-12(3-5-13)17(21)19-14-6-7-15-16(10-14)23-9-8-22-15/h2-5,14-16H,6-10H2,1H3,(H,18,20)(H,19,21)/t14-,15-,16+/m1/s1. The predicted octanol–water partition coefficient (Wildman–Crippen LogP) is 1.71. The van der Waals surface area contributed by atoms with E-state index in [0.717, 1.165) is 19.3 Å². The second-order valence-electron chi connectivity index (χ2n) is 6.06. The molecule has 124 valence electrons. The number of hydrogen-bond acceptors (Lipinski definition) is 4.